The van der Waals surface area contributed by atoms with E-state index in [9.17, 15) is 0 Å². The van der Waals surface area contributed by atoms with Crippen molar-refractivity contribution in [2.45, 2.75) is 55.7 Å². The van der Waals surface area contributed by atoms with Gasteiger partial charge in [-0.3, -0.25) is 0 Å². The van der Waals surface area contributed by atoms with E-state index in [0.717, 1.165) is 0 Å². The Morgan fingerprint density at radius 3 is 1.50 bits per heavy atom. The molecule has 0 N–H and O–H groups in total. The zero-order chi connectivity index (χ0) is 8.20. The average Bonchev–Trinajstić information content (AvgIpc) is 1.90. The molecule has 0 aromatic rings. The zero-order valence-corrected chi connectivity index (χ0v) is 9.95. The van der Waals surface area contributed by atoms with Crippen LogP contribution < -0.4 is 0 Å². The molecule has 0 nitrogen and oxygen atoms in total. The van der Waals surface area contributed by atoms with Crippen LogP contribution in [0, 0.1) is 0 Å². The van der Waals surface area contributed by atoms with Crippen LogP contribution >= 0.6 is 0 Å². The molecular formula is C9H21As. The van der Waals surface area contributed by atoms with Gasteiger partial charge in [0.05, 0.1) is 0 Å². The molecule has 0 bridgehead atoms. The van der Waals surface area contributed by atoms with Crippen LogP contribution in [0.1, 0.15) is 41.0 Å². The SMILES string of the molecule is CC[As](CC)C(C)(C)CC. The topological polar surface area (TPSA) is 0 Å². The Balaban J connectivity index is 3.97. The van der Waals surface area contributed by atoms with Crippen molar-refractivity contribution in [2.24, 2.45) is 0 Å². The standard InChI is InChI=1S/C9H21As/c1-6-9(4,5)10(7-2)8-3/h6-8H2,1-5H3. The molecule has 0 aromatic carbocycles. The molecule has 0 heterocycles. The first-order valence-corrected chi connectivity index (χ1v) is 7.92. The van der Waals surface area contributed by atoms with Crippen LogP contribution in [0.25, 0.3) is 0 Å². The van der Waals surface area contributed by atoms with Crippen LogP contribution in [0.3, 0.4) is 0 Å². The molecule has 0 amide bonds. The summed E-state index contributed by atoms with van der Waals surface area (Å²) in [5.74, 6) is 0. The molecule has 0 atom stereocenters. The van der Waals surface area contributed by atoms with Gasteiger partial charge < -0.3 is 0 Å². The van der Waals surface area contributed by atoms with E-state index < -0.39 is 14.7 Å². The van der Waals surface area contributed by atoms with Gasteiger partial charge in [0.2, 0.25) is 0 Å². The average molecular weight is 204 g/mol. The van der Waals surface area contributed by atoms with Gasteiger partial charge in [0.1, 0.15) is 0 Å². The molecule has 0 aliphatic heterocycles. The van der Waals surface area contributed by atoms with Gasteiger partial charge in [-0.15, -0.1) is 0 Å². The summed E-state index contributed by atoms with van der Waals surface area (Å²) >= 11 is -0.467. The van der Waals surface area contributed by atoms with Crippen LogP contribution in [-0.2, 0) is 0 Å². The molecule has 0 spiro atoms. The number of hydrogen-bond acceptors (Lipinski definition) is 0. The van der Waals surface area contributed by atoms with Crippen molar-refractivity contribution < 1.29 is 0 Å². The molecule has 10 heavy (non-hydrogen) atoms. The van der Waals surface area contributed by atoms with E-state index in [1.165, 1.54) is 16.8 Å². The van der Waals surface area contributed by atoms with Gasteiger partial charge in [0, 0.05) is 0 Å². The molecule has 0 aliphatic rings. The normalized spacial score (nSPS) is 12.6. The monoisotopic (exact) mass is 204 g/mol. The minimum atomic E-state index is -0.467. The zero-order valence-electron chi connectivity index (χ0n) is 8.07. The number of hydrogen-bond donors (Lipinski definition) is 0. The first-order valence-electron chi connectivity index (χ1n) is 4.33. The molecule has 0 saturated heterocycles. The van der Waals surface area contributed by atoms with Gasteiger partial charge >= 0.3 is 70.3 Å². The molecule has 0 aromatic heterocycles. The van der Waals surface area contributed by atoms with Gasteiger partial charge in [-0.1, -0.05) is 0 Å². The summed E-state index contributed by atoms with van der Waals surface area (Å²) in [5.41, 5.74) is 0. The molecule has 0 saturated carbocycles. The fraction of sp³-hybridized carbons (Fsp3) is 1.00. The van der Waals surface area contributed by atoms with E-state index in [0.29, 0.717) is 4.20 Å². The number of rotatable bonds is 4. The Hall–Kier alpha value is 0.558. The Morgan fingerprint density at radius 1 is 1.00 bits per heavy atom. The third-order valence-corrected chi connectivity index (χ3v) is 9.94. The molecule has 1 heteroatoms. The molecule has 0 rings (SSSR count). The van der Waals surface area contributed by atoms with E-state index in [1.807, 2.05) is 0 Å². The van der Waals surface area contributed by atoms with Crippen LogP contribution in [-0.4, -0.2) is 14.7 Å². The van der Waals surface area contributed by atoms with Crippen molar-refractivity contribution in [3.63, 3.8) is 0 Å². The van der Waals surface area contributed by atoms with Gasteiger partial charge in [-0.25, -0.2) is 0 Å². The van der Waals surface area contributed by atoms with E-state index in [1.54, 1.807) is 0 Å². The maximum absolute atomic E-state index is 2.44. The summed E-state index contributed by atoms with van der Waals surface area (Å²) in [7, 11) is 0. The van der Waals surface area contributed by atoms with Crippen LogP contribution in [0.15, 0.2) is 0 Å². The maximum atomic E-state index is 2.44. The van der Waals surface area contributed by atoms with E-state index in [4.69, 9.17) is 0 Å². The van der Waals surface area contributed by atoms with Gasteiger partial charge in [-0.05, 0) is 0 Å². The van der Waals surface area contributed by atoms with E-state index in [-0.39, 0.29) is 0 Å². The Kier molecular flexibility index (Phi) is 4.69. The van der Waals surface area contributed by atoms with Crippen LogP contribution in [0.4, 0.5) is 0 Å². The first-order chi connectivity index (χ1) is 4.58. The Bertz CT molecular complexity index is 82.7. The Morgan fingerprint density at radius 2 is 1.40 bits per heavy atom. The fourth-order valence-corrected chi connectivity index (χ4v) is 6.77. The summed E-state index contributed by atoms with van der Waals surface area (Å²) in [6.07, 6.45) is 1.37. The molecule has 0 aliphatic carbocycles. The summed E-state index contributed by atoms with van der Waals surface area (Å²) in [6.45, 7) is 11.9. The van der Waals surface area contributed by atoms with E-state index >= 15 is 0 Å². The first kappa shape index (κ1) is 10.6. The van der Waals surface area contributed by atoms with Crippen molar-refractivity contribution in [3.8, 4) is 0 Å². The third kappa shape index (κ3) is 2.66. The quantitative estimate of drug-likeness (QED) is 0.612. The molecular weight excluding hydrogens is 183 g/mol. The van der Waals surface area contributed by atoms with Crippen LogP contribution in [0.5, 0.6) is 0 Å². The Labute approximate surface area is 70.7 Å². The van der Waals surface area contributed by atoms with Crippen molar-refractivity contribution in [3.05, 3.63) is 0 Å². The van der Waals surface area contributed by atoms with Crippen molar-refractivity contribution in [2.75, 3.05) is 0 Å². The summed E-state index contributed by atoms with van der Waals surface area (Å²) in [5, 5.41) is 2.95. The minimum absolute atomic E-state index is 0.467. The van der Waals surface area contributed by atoms with Crippen molar-refractivity contribution >= 4 is 14.7 Å². The summed E-state index contributed by atoms with van der Waals surface area (Å²) in [4.78, 5) is 0. The van der Waals surface area contributed by atoms with Crippen LogP contribution in [0.2, 0.25) is 14.6 Å². The molecule has 0 unspecified atom stereocenters. The van der Waals surface area contributed by atoms with Gasteiger partial charge in [0.25, 0.3) is 0 Å². The van der Waals surface area contributed by atoms with Gasteiger partial charge in [0.15, 0.2) is 0 Å². The van der Waals surface area contributed by atoms with E-state index in [2.05, 4.69) is 34.6 Å². The molecule has 62 valence electrons. The summed E-state index contributed by atoms with van der Waals surface area (Å²) in [6, 6.07) is 0. The van der Waals surface area contributed by atoms with Crippen molar-refractivity contribution in [1.29, 1.82) is 0 Å². The second-order valence-electron chi connectivity index (χ2n) is 3.34. The third-order valence-electron chi connectivity index (χ3n) is 2.48. The summed E-state index contributed by atoms with van der Waals surface area (Å²) < 4.78 is 0.705. The second-order valence-corrected chi connectivity index (χ2v) is 10.8. The molecule has 0 radical (unpaired) electrons. The fourth-order valence-electron chi connectivity index (χ4n) is 1.30. The predicted octanol–water partition coefficient (Wildman–Crippen LogP) is 3.71. The molecule has 0 fully saturated rings. The predicted molar refractivity (Wildman–Crippen MR) is 51.0 cm³/mol. The second kappa shape index (κ2) is 4.44. The van der Waals surface area contributed by atoms with Gasteiger partial charge in [-0.2, -0.15) is 0 Å². The van der Waals surface area contributed by atoms with Crippen molar-refractivity contribution in [1.82, 2.24) is 0 Å².